The van der Waals surface area contributed by atoms with Gasteiger partial charge in [0.05, 0.1) is 4.92 Å². The average molecular weight is 266 g/mol. The van der Waals surface area contributed by atoms with Gasteiger partial charge in [0, 0.05) is 13.1 Å². The van der Waals surface area contributed by atoms with Crippen LogP contribution in [-0.4, -0.2) is 43.6 Å². The van der Waals surface area contributed by atoms with Crippen molar-refractivity contribution < 1.29 is 4.92 Å². The number of hydrogen-bond donors (Lipinski definition) is 2. The van der Waals surface area contributed by atoms with Gasteiger partial charge < -0.3 is 15.5 Å². The second-order valence-electron chi connectivity index (χ2n) is 4.85. The lowest BCUT2D eigenvalue weighted by Crippen LogP contribution is -2.23. The number of nitro groups is 1. The van der Waals surface area contributed by atoms with Gasteiger partial charge in [0.1, 0.15) is 11.4 Å². The number of nitrogens with one attached hydrogen (secondary N) is 2. The zero-order valence-electron chi connectivity index (χ0n) is 11.9. The fourth-order valence-electron chi connectivity index (χ4n) is 1.85. The summed E-state index contributed by atoms with van der Waals surface area (Å²) in [5.74, 6) is 0. The molecule has 0 heterocycles. The lowest BCUT2D eigenvalue weighted by molar-refractivity contribution is -0.383. The molecule has 0 aliphatic rings. The maximum atomic E-state index is 11.2. The molecular formula is C13H22N4O2. The molecule has 19 heavy (non-hydrogen) atoms. The van der Waals surface area contributed by atoms with Crippen LogP contribution in [0.1, 0.15) is 13.3 Å². The fourth-order valence-corrected chi connectivity index (χ4v) is 1.85. The quantitative estimate of drug-likeness (QED) is 0.585. The van der Waals surface area contributed by atoms with E-state index in [9.17, 15) is 10.1 Å². The molecule has 0 aliphatic heterocycles. The van der Waals surface area contributed by atoms with E-state index in [1.807, 2.05) is 21.0 Å². The van der Waals surface area contributed by atoms with Crippen molar-refractivity contribution in [2.45, 2.75) is 19.4 Å². The number of nitrogens with zero attached hydrogens (tertiary/aromatic N) is 2. The Morgan fingerprint density at radius 2 is 2.00 bits per heavy atom. The molecule has 6 heteroatoms. The van der Waals surface area contributed by atoms with E-state index in [1.54, 1.807) is 25.2 Å². The van der Waals surface area contributed by atoms with Crippen molar-refractivity contribution in [3.63, 3.8) is 0 Å². The van der Waals surface area contributed by atoms with E-state index in [2.05, 4.69) is 15.5 Å². The monoisotopic (exact) mass is 266 g/mol. The van der Waals surface area contributed by atoms with Gasteiger partial charge in [-0.15, -0.1) is 0 Å². The maximum absolute atomic E-state index is 11.2. The van der Waals surface area contributed by atoms with E-state index in [-0.39, 0.29) is 16.7 Å². The van der Waals surface area contributed by atoms with Crippen molar-refractivity contribution in [1.29, 1.82) is 0 Å². The molecule has 0 spiro atoms. The highest BCUT2D eigenvalue weighted by atomic mass is 16.6. The van der Waals surface area contributed by atoms with E-state index in [4.69, 9.17) is 0 Å². The second kappa shape index (κ2) is 6.94. The summed E-state index contributed by atoms with van der Waals surface area (Å²) in [7, 11) is 5.70. The van der Waals surface area contributed by atoms with Crippen molar-refractivity contribution in [1.82, 2.24) is 4.90 Å². The van der Waals surface area contributed by atoms with Crippen LogP contribution < -0.4 is 10.6 Å². The lowest BCUT2D eigenvalue weighted by Gasteiger charge is -2.18. The van der Waals surface area contributed by atoms with Crippen LogP contribution >= 0.6 is 0 Å². The Balaban J connectivity index is 2.85. The summed E-state index contributed by atoms with van der Waals surface area (Å²) < 4.78 is 0. The van der Waals surface area contributed by atoms with Crippen molar-refractivity contribution in [3.8, 4) is 0 Å². The molecule has 2 N–H and O–H groups in total. The first-order chi connectivity index (χ1) is 8.95. The molecule has 1 aromatic carbocycles. The topological polar surface area (TPSA) is 70.4 Å². The van der Waals surface area contributed by atoms with Crippen LogP contribution in [0.15, 0.2) is 18.2 Å². The first-order valence-electron chi connectivity index (χ1n) is 6.32. The SMILES string of the molecule is CNc1cccc(NC(C)CCN(C)C)c1[N+](=O)[O-]. The normalized spacial score (nSPS) is 12.3. The smallest absolute Gasteiger partial charge is 0.315 e. The van der Waals surface area contributed by atoms with Crippen molar-refractivity contribution in [2.75, 3.05) is 38.3 Å². The molecule has 0 aliphatic carbocycles. The molecule has 1 rings (SSSR count). The number of benzene rings is 1. The molecule has 0 fully saturated rings. The Hall–Kier alpha value is -1.82. The third-order valence-corrected chi connectivity index (χ3v) is 2.90. The maximum Gasteiger partial charge on any atom is 0.315 e. The Bertz CT molecular complexity index is 435. The molecule has 0 saturated carbocycles. The van der Waals surface area contributed by atoms with Gasteiger partial charge in [-0.05, 0) is 46.1 Å². The van der Waals surface area contributed by atoms with Crippen molar-refractivity contribution >= 4 is 17.1 Å². The first-order valence-corrected chi connectivity index (χ1v) is 6.32. The Morgan fingerprint density at radius 1 is 1.37 bits per heavy atom. The second-order valence-corrected chi connectivity index (χ2v) is 4.85. The minimum atomic E-state index is -0.354. The van der Waals surface area contributed by atoms with Crippen LogP contribution in [0.3, 0.4) is 0 Å². The summed E-state index contributed by atoms with van der Waals surface area (Å²) in [5.41, 5.74) is 1.18. The number of rotatable bonds is 7. The van der Waals surface area contributed by atoms with Crippen LogP contribution in [0.2, 0.25) is 0 Å². The van der Waals surface area contributed by atoms with Crippen LogP contribution in [0, 0.1) is 10.1 Å². The zero-order chi connectivity index (χ0) is 14.4. The van der Waals surface area contributed by atoms with Gasteiger partial charge in [-0.3, -0.25) is 10.1 Å². The fraction of sp³-hybridized carbons (Fsp3) is 0.538. The van der Waals surface area contributed by atoms with Gasteiger partial charge in [0.15, 0.2) is 0 Å². The highest BCUT2D eigenvalue weighted by Crippen LogP contribution is 2.32. The van der Waals surface area contributed by atoms with Gasteiger partial charge in [-0.25, -0.2) is 0 Å². The van der Waals surface area contributed by atoms with Crippen LogP contribution in [-0.2, 0) is 0 Å². The Labute approximate surface area is 113 Å². The number of anilines is 2. The van der Waals surface area contributed by atoms with Gasteiger partial charge in [0.2, 0.25) is 0 Å². The number of para-hydroxylation sites is 1. The molecule has 1 unspecified atom stereocenters. The Morgan fingerprint density at radius 3 is 2.53 bits per heavy atom. The molecule has 1 aromatic rings. The summed E-state index contributed by atoms with van der Waals surface area (Å²) in [6, 6.07) is 5.42. The van der Waals surface area contributed by atoms with E-state index < -0.39 is 0 Å². The molecule has 0 radical (unpaired) electrons. The third-order valence-electron chi connectivity index (χ3n) is 2.90. The standard InChI is InChI=1S/C13H22N4O2/c1-10(8-9-16(3)4)15-12-7-5-6-11(14-2)13(12)17(18)19/h5-7,10,14-15H,8-9H2,1-4H3. The third kappa shape index (κ3) is 4.40. The highest BCUT2D eigenvalue weighted by molar-refractivity contribution is 5.76. The van der Waals surface area contributed by atoms with Crippen LogP contribution in [0.4, 0.5) is 17.1 Å². The molecule has 0 bridgehead atoms. The number of hydrogen-bond acceptors (Lipinski definition) is 5. The number of nitro benzene ring substituents is 1. The predicted molar refractivity (Wildman–Crippen MR) is 78.9 cm³/mol. The average Bonchev–Trinajstić information content (AvgIpc) is 2.35. The van der Waals surface area contributed by atoms with Crippen LogP contribution in [0.5, 0.6) is 0 Å². The Kier molecular flexibility index (Phi) is 5.57. The zero-order valence-corrected chi connectivity index (χ0v) is 11.9. The van der Waals surface area contributed by atoms with E-state index in [0.29, 0.717) is 11.4 Å². The molecule has 0 saturated heterocycles. The van der Waals surface area contributed by atoms with Gasteiger partial charge in [-0.1, -0.05) is 6.07 Å². The van der Waals surface area contributed by atoms with Gasteiger partial charge in [0.25, 0.3) is 0 Å². The minimum absolute atomic E-state index is 0.0988. The van der Waals surface area contributed by atoms with Gasteiger partial charge in [-0.2, -0.15) is 0 Å². The largest absolute Gasteiger partial charge is 0.382 e. The summed E-state index contributed by atoms with van der Waals surface area (Å²) in [5, 5.41) is 17.2. The lowest BCUT2D eigenvalue weighted by atomic mass is 10.1. The summed E-state index contributed by atoms with van der Waals surface area (Å²) >= 11 is 0. The van der Waals surface area contributed by atoms with Crippen LogP contribution in [0.25, 0.3) is 0 Å². The first kappa shape index (κ1) is 15.2. The minimum Gasteiger partial charge on any atom is -0.382 e. The molecule has 0 amide bonds. The van der Waals surface area contributed by atoms with E-state index in [1.165, 1.54) is 0 Å². The summed E-state index contributed by atoms with van der Waals surface area (Å²) in [6.45, 7) is 2.97. The van der Waals surface area contributed by atoms with E-state index in [0.717, 1.165) is 13.0 Å². The predicted octanol–water partition coefficient (Wildman–Crippen LogP) is 2.39. The van der Waals surface area contributed by atoms with Crippen molar-refractivity contribution in [3.05, 3.63) is 28.3 Å². The molecule has 1 atom stereocenters. The van der Waals surface area contributed by atoms with Crippen molar-refractivity contribution in [2.24, 2.45) is 0 Å². The molecule has 0 aromatic heterocycles. The highest BCUT2D eigenvalue weighted by Gasteiger charge is 2.19. The summed E-state index contributed by atoms with van der Waals surface area (Å²) in [4.78, 5) is 12.9. The van der Waals surface area contributed by atoms with Gasteiger partial charge >= 0.3 is 5.69 Å². The summed E-state index contributed by atoms with van der Waals surface area (Å²) in [6.07, 6.45) is 0.925. The molecule has 6 nitrogen and oxygen atoms in total. The van der Waals surface area contributed by atoms with E-state index >= 15 is 0 Å². The molecule has 106 valence electrons. The molecular weight excluding hydrogens is 244 g/mol.